The Morgan fingerprint density at radius 1 is 1.06 bits per heavy atom. The van der Waals surface area contributed by atoms with Crippen molar-refractivity contribution in [3.8, 4) is 11.5 Å². The van der Waals surface area contributed by atoms with Crippen molar-refractivity contribution >= 4 is 5.91 Å². The molecular weight excluding hydrogens is 394 g/mol. The minimum atomic E-state index is -1.15. The van der Waals surface area contributed by atoms with Crippen LogP contribution in [0.1, 0.15) is 24.0 Å². The molecule has 1 aliphatic carbocycles. The highest BCUT2D eigenvalue weighted by molar-refractivity contribution is 5.80. The van der Waals surface area contributed by atoms with Crippen molar-refractivity contribution in [2.24, 2.45) is 17.8 Å². The van der Waals surface area contributed by atoms with E-state index in [1.54, 1.807) is 14.2 Å². The van der Waals surface area contributed by atoms with E-state index in [1.807, 2.05) is 53.4 Å². The van der Waals surface area contributed by atoms with Gasteiger partial charge < -0.3 is 24.6 Å². The molecule has 2 aromatic rings. The minimum absolute atomic E-state index is 0.0135. The first-order chi connectivity index (χ1) is 15.0. The third-order valence-electron chi connectivity index (χ3n) is 7.01. The number of carbonyl (C=O) groups excluding carboxylic acids is 1. The molecule has 2 aliphatic rings. The zero-order valence-electron chi connectivity index (χ0n) is 18.2. The fourth-order valence-electron chi connectivity index (χ4n) is 5.53. The van der Waals surface area contributed by atoms with Gasteiger partial charge in [-0.3, -0.25) is 4.79 Å². The molecule has 6 nitrogen and oxygen atoms in total. The maximum atomic E-state index is 13.2. The third-order valence-corrected chi connectivity index (χ3v) is 7.01. The summed E-state index contributed by atoms with van der Waals surface area (Å²) in [6.07, 6.45) is 1.52. The Morgan fingerprint density at radius 2 is 1.74 bits per heavy atom. The predicted octanol–water partition coefficient (Wildman–Crippen LogP) is 2.61. The van der Waals surface area contributed by atoms with Crippen LogP contribution < -0.4 is 9.47 Å². The molecule has 1 heterocycles. The van der Waals surface area contributed by atoms with Gasteiger partial charge in [-0.15, -0.1) is 0 Å². The van der Waals surface area contributed by atoms with Crippen LogP contribution >= 0.6 is 0 Å². The van der Waals surface area contributed by atoms with E-state index in [-0.39, 0.29) is 36.7 Å². The van der Waals surface area contributed by atoms with Gasteiger partial charge in [0.15, 0.2) is 0 Å². The summed E-state index contributed by atoms with van der Waals surface area (Å²) in [4.78, 5) is 15.0. The minimum Gasteiger partial charge on any atom is -0.496 e. The summed E-state index contributed by atoms with van der Waals surface area (Å²) < 4.78 is 10.9. The quantitative estimate of drug-likeness (QED) is 0.744. The van der Waals surface area contributed by atoms with Crippen molar-refractivity contribution in [3.05, 3.63) is 59.7 Å². The molecule has 1 aliphatic heterocycles. The van der Waals surface area contributed by atoms with Gasteiger partial charge in [-0.25, -0.2) is 0 Å². The van der Waals surface area contributed by atoms with Gasteiger partial charge in [-0.1, -0.05) is 36.4 Å². The van der Waals surface area contributed by atoms with Crippen LogP contribution in [0.2, 0.25) is 0 Å². The molecule has 4 rings (SSSR count). The van der Waals surface area contributed by atoms with Crippen LogP contribution in [0.3, 0.4) is 0 Å². The average molecular weight is 426 g/mol. The highest BCUT2D eigenvalue weighted by Crippen LogP contribution is 2.52. The van der Waals surface area contributed by atoms with Gasteiger partial charge in [0.1, 0.15) is 11.5 Å². The molecule has 0 radical (unpaired) electrons. The lowest BCUT2D eigenvalue weighted by molar-refractivity contribution is -0.130. The van der Waals surface area contributed by atoms with Crippen molar-refractivity contribution in [1.82, 2.24) is 4.90 Å². The van der Waals surface area contributed by atoms with E-state index >= 15 is 0 Å². The summed E-state index contributed by atoms with van der Waals surface area (Å²) in [6.45, 7) is 1.10. The SMILES string of the molecule is COc1ccccc1CC(=O)N1CC2CC(CO)CC(O)(c3ccccc3OC)C2C1. The number of fused-ring (bicyclic) bond motifs is 1. The van der Waals surface area contributed by atoms with Crippen LogP contribution in [0.15, 0.2) is 48.5 Å². The number of aliphatic hydroxyl groups is 2. The van der Waals surface area contributed by atoms with Gasteiger partial charge in [0.05, 0.1) is 26.2 Å². The van der Waals surface area contributed by atoms with Gasteiger partial charge in [0.25, 0.3) is 0 Å². The number of amides is 1. The van der Waals surface area contributed by atoms with Crippen molar-refractivity contribution < 1.29 is 24.5 Å². The molecule has 0 bridgehead atoms. The Kier molecular flexibility index (Phi) is 6.21. The zero-order chi connectivity index (χ0) is 22.0. The zero-order valence-corrected chi connectivity index (χ0v) is 18.2. The van der Waals surface area contributed by atoms with Crippen LogP contribution in [0.25, 0.3) is 0 Å². The lowest BCUT2D eigenvalue weighted by Crippen LogP contribution is -2.46. The van der Waals surface area contributed by atoms with Crippen molar-refractivity contribution in [3.63, 3.8) is 0 Å². The molecule has 0 spiro atoms. The van der Waals surface area contributed by atoms with E-state index in [4.69, 9.17) is 9.47 Å². The number of benzene rings is 2. The number of hydrogen-bond donors (Lipinski definition) is 2. The molecule has 2 aromatic carbocycles. The fraction of sp³-hybridized carbons (Fsp3) is 0.480. The summed E-state index contributed by atoms with van der Waals surface area (Å²) in [5.74, 6) is 1.39. The molecule has 1 saturated heterocycles. The topological polar surface area (TPSA) is 79.2 Å². The number of para-hydroxylation sites is 2. The van der Waals surface area contributed by atoms with Gasteiger partial charge in [0.2, 0.25) is 5.91 Å². The Morgan fingerprint density at radius 3 is 2.45 bits per heavy atom. The molecule has 4 atom stereocenters. The Hall–Kier alpha value is -2.57. The standard InChI is InChI=1S/C25H31NO5/c1-30-22-9-5-3-7-18(22)12-24(28)26-14-19-11-17(16-27)13-25(29,21(19)15-26)20-8-4-6-10-23(20)31-2/h3-10,17,19,21,27,29H,11-16H2,1-2H3. The van der Waals surface area contributed by atoms with Crippen molar-refractivity contribution in [1.29, 1.82) is 0 Å². The first-order valence-corrected chi connectivity index (χ1v) is 10.9. The summed E-state index contributed by atoms with van der Waals surface area (Å²) in [6, 6.07) is 15.1. The van der Waals surface area contributed by atoms with Gasteiger partial charge in [-0.05, 0) is 36.8 Å². The number of carbonyl (C=O) groups is 1. The first kappa shape index (κ1) is 21.7. The van der Waals surface area contributed by atoms with Crippen LogP contribution in [0.4, 0.5) is 0 Å². The average Bonchev–Trinajstić information content (AvgIpc) is 3.24. The Balaban J connectivity index is 1.60. The molecule has 2 fully saturated rings. The summed E-state index contributed by atoms with van der Waals surface area (Å²) in [5, 5.41) is 21.9. The van der Waals surface area contributed by atoms with E-state index in [2.05, 4.69) is 0 Å². The molecule has 1 saturated carbocycles. The second-order valence-corrected chi connectivity index (χ2v) is 8.77. The van der Waals surface area contributed by atoms with E-state index < -0.39 is 5.60 Å². The highest BCUT2D eigenvalue weighted by Gasteiger charge is 2.53. The number of rotatable bonds is 6. The van der Waals surface area contributed by atoms with Crippen LogP contribution in [-0.2, 0) is 16.8 Å². The molecule has 1 amide bonds. The molecule has 166 valence electrons. The molecular formula is C25H31NO5. The number of likely N-dealkylation sites (tertiary alicyclic amines) is 1. The molecule has 0 aromatic heterocycles. The number of methoxy groups -OCH3 is 2. The molecule has 2 N–H and O–H groups in total. The maximum Gasteiger partial charge on any atom is 0.227 e. The van der Waals surface area contributed by atoms with Crippen LogP contribution in [0, 0.1) is 17.8 Å². The first-order valence-electron chi connectivity index (χ1n) is 10.9. The molecule has 31 heavy (non-hydrogen) atoms. The largest absolute Gasteiger partial charge is 0.496 e. The Labute approximate surface area is 183 Å². The van der Waals surface area contributed by atoms with Crippen molar-refractivity contribution in [2.75, 3.05) is 33.9 Å². The fourth-order valence-corrected chi connectivity index (χ4v) is 5.53. The third kappa shape index (κ3) is 4.02. The lowest BCUT2D eigenvalue weighted by Gasteiger charge is -2.45. The lowest BCUT2D eigenvalue weighted by atomic mass is 9.64. The van der Waals surface area contributed by atoms with E-state index in [9.17, 15) is 15.0 Å². The van der Waals surface area contributed by atoms with Gasteiger partial charge >= 0.3 is 0 Å². The number of ether oxygens (including phenoxy) is 2. The van der Waals surface area contributed by atoms with E-state index in [0.29, 0.717) is 31.0 Å². The number of nitrogens with zero attached hydrogens (tertiary/aromatic N) is 1. The number of aliphatic hydroxyl groups excluding tert-OH is 1. The monoisotopic (exact) mass is 425 g/mol. The van der Waals surface area contributed by atoms with Crippen LogP contribution in [-0.4, -0.2) is 54.9 Å². The van der Waals surface area contributed by atoms with Crippen LogP contribution in [0.5, 0.6) is 11.5 Å². The van der Waals surface area contributed by atoms with E-state index in [1.165, 1.54) is 0 Å². The Bertz CT molecular complexity index is 932. The van der Waals surface area contributed by atoms with Crippen molar-refractivity contribution in [2.45, 2.75) is 24.9 Å². The predicted molar refractivity (Wildman–Crippen MR) is 117 cm³/mol. The highest BCUT2D eigenvalue weighted by atomic mass is 16.5. The smallest absolute Gasteiger partial charge is 0.227 e. The molecule has 4 unspecified atom stereocenters. The second-order valence-electron chi connectivity index (χ2n) is 8.77. The summed E-state index contributed by atoms with van der Waals surface area (Å²) in [5.41, 5.74) is 0.449. The maximum absolute atomic E-state index is 13.2. The van der Waals surface area contributed by atoms with Gasteiger partial charge in [-0.2, -0.15) is 0 Å². The van der Waals surface area contributed by atoms with E-state index in [0.717, 1.165) is 17.5 Å². The number of hydrogen-bond acceptors (Lipinski definition) is 5. The molecule has 6 heteroatoms. The summed E-state index contributed by atoms with van der Waals surface area (Å²) >= 11 is 0. The summed E-state index contributed by atoms with van der Waals surface area (Å²) in [7, 11) is 3.21. The van der Waals surface area contributed by atoms with Gasteiger partial charge in [0, 0.05) is 36.7 Å². The normalized spacial score (nSPS) is 27.6. The second kappa shape index (κ2) is 8.89.